The first-order chi connectivity index (χ1) is 18.1. The molecule has 0 fully saturated rings. The van der Waals surface area contributed by atoms with Crippen molar-refractivity contribution < 1.29 is 21.9 Å². The number of benzene rings is 2. The lowest BCUT2D eigenvalue weighted by molar-refractivity contribution is 0.341. The maximum absolute atomic E-state index is 13.6. The van der Waals surface area contributed by atoms with Crippen molar-refractivity contribution in [1.82, 2.24) is 19.6 Å². The van der Waals surface area contributed by atoms with Crippen LogP contribution in [0.4, 0.5) is 14.5 Å². The molecule has 38 heavy (non-hydrogen) atoms. The van der Waals surface area contributed by atoms with Crippen molar-refractivity contribution in [3.8, 4) is 17.1 Å². The van der Waals surface area contributed by atoms with E-state index in [0.717, 1.165) is 43.9 Å². The monoisotopic (exact) mass is 545 g/mol. The lowest BCUT2D eigenvalue weighted by Crippen LogP contribution is -2.17. The Bertz CT molecular complexity index is 1630. The van der Waals surface area contributed by atoms with Gasteiger partial charge in [-0.2, -0.15) is 0 Å². The van der Waals surface area contributed by atoms with Crippen LogP contribution in [0, 0.1) is 18.6 Å². The van der Waals surface area contributed by atoms with Gasteiger partial charge in [-0.05, 0) is 50.6 Å². The average Bonchev–Trinajstić information content (AvgIpc) is 3.20. The van der Waals surface area contributed by atoms with Crippen LogP contribution >= 0.6 is 0 Å². The lowest BCUT2D eigenvalue weighted by atomic mass is 10.1. The summed E-state index contributed by atoms with van der Waals surface area (Å²) in [5, 5.41) is 4.61. The first kappa shape index (κ1) is 27.2. The summed E-state index contributed by atoms with van der Waals surface area (Å²) in [7, 11) is -4.21. The van der Waals surface area contributed by atoms with Gasteiger partial charge in [0.05, 0.1) is 28.4 Å². The van der Waals surface area contributed by atoms with Gasteiger partial charge in [-0.3, -0.25) is 9.52 Å². The number of H-pyrrole nitrogens is 1. The highest BCUT2D eigenvalue weighted by molar-refractivity contribution is 7.92. The molecule has 0 spiro atoms. The van der Waals surface area contributed by atoms with Crippen molar-refractivity contribution in [3.63, 3.8) is 0 Å². The molecule has 4 rings (SSSR count). The third kappa shape index (κ3) is 5.69. The van der Waals surface area contributed by atoms with Crippen molar-refractivity contribution in [2.45, 2.75) is 57.8 Å². The van der Waals surface area contributed by atoms with E-state index in [2.05, 4.69) is 26.7 Å². The molecular formula is C26H29F2N5O4S. The highest BCUT2D eigenvalue weighted by Crippen LogP contribution is 2.31. The molecular weight excluding hydrogens is 516 g/mol. The van der Waals surface area contributed by atoms with Crippen LogP contribution in [0.3, 0.4) is 0 Å². The summed E-state index contributed by atoms with van der Waals surface area (Å²) >= 11 is 0. The van der Waals surface area contributed by atoms with Gasteiger partial charge in [-0.15, -0.1) is 5.10 Å². The number of anilines is 1. The number of aryl methyl sites for hydroxylation is 2. The minimum atomic E-state index is -4.21. The van der Waals surface area contributed by atoms with Gasteiger partial charge in [0.2, 0.25) is 0 Å². The fourth-order valence-electron chi connectivity index (χ4n) is 4.15. The predicted molar refractivity (Wildman–Crippen MR) is 140 cm³/mol. The summed E-state index contributed by atoms with van der Waals surface area (Å²) in [5.41, 5.74) is 0.542. The molecule has 0 bridgehead atoms. The molecule has 0 aliphatic heterocycles. The molecule has 0 saturated carbocycles. The fourth-order valence-corrected chi connectivity index (χ4v) is 5.22. The Labute approximate surface area is 218 Å². The van der Waals surface area contributed by atoms with Crippen LogP contribution < -0.4 is 15.0 Å². The number of halogens is 2. The van der Waals surface area contributed by atoms with Crippen LogP contribution in [-0.2, 0) is 16.4 Å². The van der Waals surface area contributed by atoms with E-state index in [-0.39, 0.29) is 28.6 Å². The normalized spacial score (nSPS) is 11.7. The van der Waals surface area contributed by atoms with Crippen LogP contribution in [-0.4, -0.2) is 34.6 Å². The molecule has 12 heteroatoms. The average molecular weight is 546 g/mol. The number of nitrogens with one attached hydrogen (secondary N) is 2. The van der Waals surface area contributed by atoms with E-state index in [9.17, 15) is 22.0 Å². The number of fused-ring (bicyclic) bond motifs is 1. The Kier molecular flexibility index (Phi) is 8.10. The van der Waals surface area contributed by atoms with Crippen LogP contribution in [0.5, 0.6) is 5.75 Å². The van der Waals surface area contributed by atoms with Crippen LogP contribution in [0.25, 0.3) is 16.9 Å². The van der Waals surface area contributed by atoms with E-state index >= 15 is 0 Å². The topological polar surface area (TPSA) is 118 Å². The molecule has 0 atom stereocenters. The number of hydrogen-bond acceptors (Lipinski definition) is 6. The Balaban J connectivity index is 1.78. The molecule has 2 heterocycles. The van der Waals surface area contributed by atoms with Gasteiger partial charge in [0, 0.05) is 12.5 Å². The number of unbranched alkanes of at least 4 members (excludes halogenated alkanes) is 3. The zero-order chi connectivity index (χ0) is 27.4. The van der Waals surface area contributed by atoms with Crippen LogP contribution in [0.1, 0.15) is 51.0 Å². The van der Waals surface area contributed by atoms with Crippen molar-refractivity contribution in [3.05, 3.63) is 69.9 Å². The quantitative estimate of drug-likeness (QED) is 0.256. The van der Waals surface area contributed by atoms with Gasteiger partial charge in [0.1, 0.15) is 11.6 Å². The molecule has 9 nitrogen and oxygen atoms in total. The number of nitrogens with zero attached hydrogens (tertiary/aromatic N) is 3. The summed E-state index contributed by atoms with van der Waals surface area (Å²) in [6.07, 6.45) is 4.74. The molecule has 2 N–H and O–H groups in total. The molecule has 4 aromatic rings. The van der Waals surface area contributed by atoms with Crippen molar-refractivity contribution in [2.75, 3.05) is 11.3 Å². The molecule has 0 unspecified atom stereocenters. The van der Waals surface area contributed by atoms with E-state index in [4.69, 9.17) is 4.74 Å². The SMILES string of the molecule is CCCCCCc1nc(C)c2c(=O)[nH]c(-c3cc(S(=O)(=O)Nc4ccc(F)c(F)c4)ccc3OCC)nn12. The smallest absolute Gasteiger partial charge is 0.277 e. The van der Waals surface area contributed by atoms with Gasteiger partial charge in [-0.1, -0.05) is 26.2 Å². The van der Waals surface area contributed by atoms with Gasteiger partial charge in [-0.25, -0.2) is 26.7 Å². The van der Waals surface area contributed by atoms with E-state index in [0.29, 0.717) is 29.2 Å². The first-order valence-electron chi connectivity index (χ1n) is 12.4. The molecule has 0 radical (unpaired) electrons. The fraction of sp³-hybridized carbons (Fsp3) is 0.346. The molecule has 202 valence electrons. The first-order valence-corrected chi connectivity index (χ1v) is 13.9. The number of aromatic nitrogens is 4. The Morgan fingerprint density at radius 1 is 1.05 bits per heavy atom. The molecule has 0 aliphatic carbocycles. The van der Waals surface area contributed by atoms with Gasteiger partial charge < -0.3 is 9.72 Å². The third-order valence-electron chi connectivity index (χ3n) is 5.98. The molecule has 0 aliphatic rings. The predicted octanol–water partition coefficient (Wildman–Crippen LogP) is 4.99. The minimum absolute atomic E-state index is 0.100. The number of hydrogen-bond donors (Lipinski definition) is 2. The molecule has 0 saturated heterocycles. The molecule has 0 amide bonds. The summed E-state index contributed by atoms with van der Waals surface area (Å²) in [5.74, 6) is -1.23. The highest BCUT2D eigenvalue weighted by atomic mass is 32.2. The number of sulfonamides is 1. The van der Waals surface area contributed by atoms with E-state index in [1.54, 1.807) is 13.8 Å². The number of imidazole rings is 1. The van der Waals surface area contributed by atoms with E-state index in [1.165, 1.54) is 22.7 Å². The summed E-state index contributed by atoms with van der Waals surface area (Å²) in [6.45, 7) is 5.92. The van der Waals surface area contributed by atoms with Gasteiger partial charge in [0.25, 0.3) is 15.6 Å². The summed E-state index contributed by atoms with van der Waals surface area (Å²) in [4.78, 5) is 20.1. The Hall–Kier alpha value is -3.80. The summed E-state index contributed by atoms with van der Waals surface area (Å²) in [6, 6.07) is 6.76. The second kappa shape index (κ2) is 11.3. The zero-order valence-electron chi connectivity index (χ0n) is 21.3. The third-order valence-corrected chi connectivity index (χ3v) is 7.36. The van der Waals surface area contributed by atoms with E-state index < -0.39 is 27.2 Å². The second-order valence-electron chi connectivity index (χ2n) is 8.81. The number of rotatable bonds is 11. The Morgan fingerprint density at radius 3 is 2.55 bits per heavy atom. The van der Waals surface area contributed by atoms with Crippen LogP contribution in [0.15, 0.2) is 46.1 Å². The van der Waals surface area contributed by atoms with Crippen molar-refractivity contribution >= 4 is 21.2 Å². The van der Waals surface area contributed by atoms with Crippen molar-refractivity contribution in [2.24, 2.45) is 0 Å². The Morgan fingerprint density at radius 2 is 1.84 bits per heavy atom. The largest absolute Gasteiger partial charge is 0.493 e. The summed E-state index contributed by atoms with van der Waals surface area (Å²) < 4.78 is 62.5. The van der Waals surface area contributed by atoms with Gasteiger partial charge in [0.15, 0.2) is 23.0 Å². The number of aromatic amines is 1. The number of ether oxygens (including phenoxy) is 1. The van der Waals surface area contributed by atoms with Gasteiger partial charge >= 0.3 is 0 Å². The van der Waals surface area contributed by atoms with Crippen LogP contribution in [0.2, 0.25) is 0 Å². The second-order valence-corrected chi connectivity index (χ2v) is 10.5. The zero-order valence-corrected chi connectivity index (χ0v) is 22.2. The molecule has 2 aromatic carbocycles. The minimum Gasteiger partial charge on any atom is -0.493 e. The standard InChI is InChI=1S/C26H29F2N5O4S/c1-4-6-7-8-9-23-29-16(3)24-26(34)30-25(31-33(23)24)19-15-18(11-13-22(19)37-5-2)38(35,36)32-17-10-12-20(27)21(28)14-17/h10-15,32H,4-9H2,1-3H3,(H,30,31,34). The van der Waals surface area contributed by atoms with E-state index in [1.807, 2.05) is 0 Å². The van der Waals surface area contributed by atoms with Crippen molar-refractivity contribution in [1.29, 1.82) is 0 Å². The highest BCUT2D eigenvalue weighted by Gasteiger charge is 2.21. The lowest BCUT2D eigenvalue weighted by Gasteiger charge is -2.13. The maximum atomic E-state index is 13.6. The molecule has 2 aromatic heterocycles. The maximum Gasteiger partial charge on any atom is 0.277 e.